The Morgan fingerprint density at radius 3 is 1.95 bits per heavy atom. The molecule has 0 aliphatic heterocycles. The van der Waals surface area contributed by atoms with Crippen LogP contribution in [0.15, 0.2) is 24.3 Å². The number of hydrogen-bond donors (Lipinski definition) is 3. The molecule has 1 aromatic carbocycles. The lowest BCUT2D eigenvalue weighted by Crippen LogP contribution is -2.21. The van der Waals surface area contributed by atoms with Crippen LogP contribution in [0, 0.1) is 0 Å². The second-order valence-corrected chi connectivity index (χ2v) is 4.13. The molecule has 19 heavy (non-hydrogen) atoms. The third-order valence-electron chi connectivity index (χ3n) is 2.55. The lowest BCUT2D eigenvalue weighted by atomic mass is 10.2. The van der Waals surface area contributed by atoms with Gasteiger partial charge in [-0.3, -0.25) is 9.59 Å². The van der Waals surface area contributed by atoms with Crippen LogP contribution in [0.3, 0.4) is 0 Å². The summed E-state index contributed by atoms with van der Waals surface area (Å²) >= 11 is 0. The van der Waals surface area contributed by atoms with Gasteiger partial charge in [-0.15, -0.1) is 0 Å². The van der Waals surface area contributed by atoms with Crippen LogP contribution in [0.1, 0.15) is 26.7 Å². The van der Waals surface area contributed by atoms with E-state index in [1.54, 1.807) is 31.2 Å². The Balaban J connectivity index is 2.43. The first-order chi connectivity index (χ1) is 9.15. The van der Waals surface area contributed by atoms with Crippen LogP contribution in [0.5, 0.6) is 0 Å². The first kappa shape index (κ1) is 15.2. The summed E-state index contributed by atoms with van der Waals surface area (Å²) in [6.07, 6.45) is 0.894. The largest absolute Gasteiger partial charge is 0.326 e. The van der Waals surface area contributed by atoms with Crippen molar-refractivity contribution in [2.45, 2.75) is 26.7 Å². The van der Waals surface area contributed by atoms with Crippen molar-refractivity contribution in [3.63, 3.8) is 0 Å². The second-order valence-electron chi connectivity index (χ2n) is 4.13. The number of amides is 2. The van der Waals surface area contributed by atoms with E-state index >= 15 is 0 Å². The molecule has 0 saturated heterocycles. The van der Waals surface area contributed by atoms with E-state index < -0.39 is 0 Å². The average Bonchev–Trinajstić information content (AvgIpc) is 2.41. The van der Waals surface area contributed by atoms with Gasteiger partial charge in [-0.05, 0) is 30.8 Å². The number of rotatable bonds is 7. The third kappa shape index (κ3) is 6.01. The fourth-order valence-electron chi connectivity index (χ4n) is 1.49. The van der Waals surface area contributed by atoms with Gasteiger partial charge in [0.2, 0.25) is 11.8 Å². The zero-order valence-corrected chi connectivity index (χ0v) is 11.5. The molecule has 0 spiro atoms. The van der Waals surface area contributed by atoms with Crippen LogP contribution in [-0.2, 0) is 9.59 Å². The summed E-state index contributed by atoms with van der Waals surface area (Å²) in [4.78, 5) is 22.8. The summed E-state index contributed by atoms with van der Waals surface area (Å²) in [6, 6.07) is 7.09. The molecule has 0 aliphatic carbocycles. The van der Waals surface area contributed by atoms with E-state index in [4.69, 9.17) is 0 Å². The molecule has 2 amide bonds. The molecule has 0 heterocycles. The SMILES string of the molecule is CCNCCC(=O)Nc1ccc(NC(=O)CC)cc1. The zero-order chi connectivity index (χ0) is 14.1. The maximum absolute atomic E-state index is 11.6. The maximum Gasteiger partial charge on any atom is 0.225 e. The van der Waals surface area contributed by atoms with Gasteiger partial charge >= 0.3 is 0 Å². The van der Waals surface area contributed by atoms with Crippen LogP contribution in [0.2, 0.25) is 0 Å². The molecule has 0 atom stereocenters. The first-order valence-electron chi connectivity index (χ1n) is 6.56. The Morgan fingerprint density at radius 2 is 1.47 bits per heavy atom. The van der Waals surface area contributed by atoms with E-state index in [-0.39, 0.29) is 11.8 Å². The Morgan fingerprint density at radius 1 is 0.947 bits per heavy atom. The van der Waals surface area contributed by atoms with Crippen molar-refractivity contribution >= 4 is 23.2 Å². The molecule has 0 saturated carbocycles. The lowest BCUT2D eigenvalue weighted by Gasteiger charge is -2.07. The Hall–Kier alpha value is -1.88. The van der Waals surface area contributed by atoms with Crippen molar-refractivity contribution in [3.05, 3.63) is 24.3 Å². The Kier molecular flexibility index (Phi) is 6.60. The first-order valence-corrected chi connectivity index (χ1v) is 6.56. The standard InChI is InChI=1S/C14H21N3O2/c1-3-13(18)16-11-5-7-12(8-6-11)17-14(19)9-10-15-4-2/h5-8,15H,3-4,9-10H2,1-2H3,(H,16,18)(H,17,19). The minimum Gasteiger partial charge on any atom is -0.326 e. The number of hydrogen-bond acceptors (Lipinski definition) is 3. The van der Waals surface area contributed by atoms with Crippen molar-refractivity contribution in [1.82, 2.24) is 5.32 Å². The van der Waals surface area contributed by atoms with Crippen molar-refractivity contribution in [2.75, 3.05) is 23.7 Å². The summed E-state index contributed by atoms with van der Waals surface area (Å²) < 4.78 is 0. The number of anilines is 2. The third-order valence-corrected chi connectivity index (χ3v) is 2.55. The smallest absolute Gasteiger partial charge is 0.225 e. The summed E-state index contributed by atoms with van der Waals surface area (Å²) in [7, 11) is 0. The van der Waals surface area contributed by atoms with Crippen molar-refractivity contribution < 1.29 is 9.59 Å². The molecule has 5 heteroatoms. The summed E-state index contributed by atoms with van der Waals surface area (Å²) in [5.74, 6) is -0.0475. The van der Waals surface area contributed by atoms with E-state index in [0.29, 0.717) is 19.4 Å². The van der Waals surface area contributed by atoms with E-state index in [9.17, 15) is 9.59 Å². The highest BCUT2D eigenvalue weighted by Gasteiger charge is 2.02. The van der Waals surface area contributed by atoms with Gasteiger partial charge in [-0.25, -0.2) is 0 Å². The van der Waals surface area contributed by atoms with Crippen molar-refractivity contribution in [3.8, 4) is 0 Å². The highest BCUT2D eigenvalue weighted by Crippen LogP contribution is 2.13. The number of carbonyl (C=O) groups excluding carboxylic acids is 2. The quantitative estimate of drug-likeness (QED) is 0.659. The van der Waals surface area contributed by atoms with E-state index in [1.165, 1.54) is 0 Å². The van der Waals surface area contributed by atoms with Gasteiger partial charge in [-0.2, -0.15) is 0 Å². The van der Waals surface area contributed by atoms with E-state index in [2.05, 4.69) is 16.0 Å². The molecular weight excluding hydrogens is 242 g/mol. The Labute approximate surface area is 113 Å². The Bertz CT molecular complexity index is 415. The highest BCUT2D eigenvalue weighted by atomic mass is 16.2. The van der Waals surface area contributed by atoms with Gasteiger partial charge in [0.1, 0.15) is 0 Å². The van der Waals surface area contributed by atoms with Gasteiger partial charge in [0.15, 0.2) is 0 Å². The molecule has 0 bridgehead atoms. The normalized spacial score (nSPS) is 10.0. The second kappa shape index (κ2) is 8.26. The predicted molar refractivity (Wildman–Crippen MR) is 77.2 cm³/mol. The van der Waals surface area contributed by atoms with Crippen LogP contribution in [0.25, 0.3) is 0 Å². The number of benzene rings is 1. The molecule has 1 aromatic rings. The fourth-order valence-corrected chi connectivity index (χ4v) is 1.49. The minimum atomic E-state index is -0.0255. The molecule has 0 radical (unpaired) electrons. The molecule has 0 unspecified atom stereocenters. The summed E-state index contributed by atoms with van der Waals surface area (Å²) in [5, 5.41) is 8.65. The van der Waals surface area contributed by atoms with Crippen molar-refractivity contribution in [2.24, 2.45) is 0 Å². The van der Waals surface area contributed by atoms with Gasteiger partial charge in [-0.1, -0.05) is 13.8 Å². The van der Waals surface area contributed by atoms with Crippen LogP contribution in [0.4, 0.5) is 11.4 Å². The molecular formula is C14H21N3O2. The van der Waals surface area contributed by atoms with Crippen LogP contribution in [-0.4, -0.2) is 24.9 Å². The summed E-state index contributed by atoms with van der Waals surface area (Å²) in [6.45, 7) is 5.33. The predicted octanol–water partition coefficient (Wildman–Crippen LogP) is 1.97. The minimum absolute atomic E-state index is 0.0220. The van der Waals surface area contributed by atoms with Gasteiger partial charge < -0.3 is 16.0 Å². The molecule has 3 N–H and O–H groups in total. The zero-order valence-electron chi connectivity index (χ0n) is 11.5. The van der Waals surface area contributed by atoms with Crippen molar-refractivity contribution in [1.29, 1.82) is 0 Å². The molecule has 0 aliphatic rings. The molecule has 0 fully saturated rings. The van der Waals surface area contributed by atoms with Gasteiger partial charge in [0.05, 0.1) is 0 Å². The fraction of sp³-hybridized carbons (Fsp3) is 0.429. The highest BCUT2D eigenvalue weighted by molar-refractivity contribution is 5.92. The number of carbonyl (C=O) groups is 2. The average molecular weight is 263 g/mol. The molecule has 5 nitrogen and oxygen atoms in total. The molecule has 1 rings (SSSR count). The maximum atomic E-state index is 11.6. The number of nitrogens with one attached hydrogen (secondary N) is 3. The summed E-state index contributed by atoms with van der Waals surface area (Å²) in [5.41, 5.74) is 1.47. The van der Waals surface area contributed by atoms with Crippen LogP contribution >= 0.6 is 0 Å². The lowest BCUT2D eigenvalue weighted by molar-refractivity contribution is -0.116. The van der Waals surface area contributed by atoms with Gasteiger partial charge in [0, 0.05) is 30.8 Å². The van der Waals surface area contributed by atoms with E-state index in [1.807, 2.05) is 6.92 Å². The monoisotopic (exact) mass is 263 g/mol. The molecule has 104 valence electrons. The van der Waals surface area contributed by atoms with Crippen LogP contribution < -0.4 is 16.0 Å². The molecule has 0 aromatic heterocycles. The van der Waals surface area contributed by atoms with E-state index in [0.717, 1.165) is 17.9 Å². The van der Waals surface area contributed by atoms with Gasteiger partial charge in [0.25, 0.3) is 0 Å². The topological polar surface area (TPSA) is 70.2 Å².